The molecule has 0 radical (unpaired) electrons. The Kier molecular flexibility index (Phi) is 4.98. The molecule has 0 spiro atoms. The van der Waals surface area contributed by atoms with Crippen molar-refractivity contribution in [3.8, 4) is 0 Å². The summed E-state index contributed by atoms with van der Waals surface area (Å²) in [6.45, 7) is 4.89. The van der Waals surface area contributed by atoms with Gasteiger partial charge in [0, 0.05) is 0 Å². The van der Waals surface area contributed by atoms with Crippen LogP contribution in [0.25, 0.3) is 0 Å². The summed E-state index contributed by atoms with van der Waals surface area (Å²) in [4.78, 5) is 20.5. The first-order valence-electron chi connectivity index (χ1n) is 3.94. The van der Waals surface area contributed by atoms with Crippen LogP contribution in [0.5, 0.6) is 0 Å². The third kappa shape index (κ3) is 4.41. The van der Waals surface area contributed by atoms with E-state index in [2.05, 4.69) is 4.74 Å². The van der Waals surface area contributed by atoms with E-state index in [9.17, 15) is 14.9 Å². The highest BCUT2D eigenvalue weighted by Gasteiger charge is 2.33. The largest absolute Gasteiger partial charge is 0.459 e. The summed E-state index contributed by atoms with van der Waals surface area (Å²) >= 11 is 0. The normalized spacial score (nSPS) is 12.6. The summed E-state index contributed by atoms with van der Waals surface area (Å²) < 4.78 is 9.21. The van der Waals surface area contributed by atoms with Crippen LogP contribution in [0.15, 0.2) is 0 Å². The zero-order chi connectivity index (χ0) is 10.4. The fourth-order valence-electron chi connectivity index (χ4n) is 0.663. The van der Waals surface area contributed by atoms with Gasteiger partial charge in [-0.3, -0.25) is 10.1 Å². The Morgan fingerprint density at radius 3 is 2.38 bits per heavy atom. The molecule has 0 aromatic heterocycles. The van der Waals surface area contributed by atoms with E-state index in [1.165, 1.54) is 0 Å². The quantitative estimate of drug-likeness (QED) is 0.275. The van der Waals surface area contributed by atoms with Crippen LogP contribution in [0, 0.1) is 10.1 Å². The van der Waals surface area contributed by atoms with Crippen molar-refractivity contribution in [2.75, 3.05) is 6.61 Å². The number of nitro groups is 1. The number of esters is 1. The second-order valence-corrected chi connectivity index (χ2v) is 2.57. The molecule has 76 valence electrons. The molecule has 0 heterocycles. The van der Waals surface area contributed by atoms with E-state index in [1.54, 1.807) is 20.8 Å². The van der Waals surface area contributed by atoms with Crippen molar-refractivity contribution in [2.24, 2.45) is 0 Å². The first-order valence-corrected chi connectivity index (χ1v) is 3.94. The molecule has 13 heavy (non-hydrogen) atoms. The van der Waals surface area contributed by atoms with Crippen molar-refractivity contribution < 1.29 is 19.2 Å². The highest BCUT2D eigenvalue weighted by Crippen LogP contribution is 2.01. The third-order valence-electron chi connectivity index (χ3n) is 1.08. The Bertz CT molecular complexity index is 191. The van der Waals surface area contributed by atoms with Gasteiger partial charge in [0.1, 0.15) is 0 Å². The lowest BCUT2D eigenvalue weighted by Crippen LogP contribution is -2.36. The smallest absolute Gasteiger partial charge is 0.413 e. The molecule has 6 nitrogen and oxygen atoms in total. The molecule has 1 atom stereocenters. The Labute approximate surface area is 76.0 Å². The molecule has 0 amide bonds. The molecular weight excluding hydrogens is 178 g/mol. The molecule has 0 aromatic carbocycles. The average molecular weight is 191 g/mol. The number of nitrogens with zero attached hydrogens (tertiary/aromatic N) is 1. The molecular formula is C7H13NO5. The van der Waals surface area contributed by atoms with E-state index in [0.29, 0.717) is 0 Å². The van der Waals surface area contributed by atoms with Crippen LogP contribution in [0.2, 0.25) is 0 Å². The monoisotopic (exact) mass is 191 g/mol. The van der Waals surface area contributed by atoms with Crippen molar-refractivity contribution >= 4 is 5.97 Å². The lowest BCUT2D eigenvalue weighted by atomic mass is 10.4. The second-order valence-electron chi connectivity index (χ2n) is 2.57. The Balaban J connectivity index is 4.24. The molecule has 0 aromatic rings. The van der Waals surface area contributed by atoms with Gasteiger partial charge in [0.2, 0.25) is 0 Å². The molecule has 0 bridgehead atoms. The van der Waals surface area contributed by atoms with Crippen molar-refractivity contribution in [1.82, 2.24) is 0 Å². The molecule has 0 saturated carbocycles. The lowest BCUT2D eigenvalue weighted by molar-refractivity contribution is -0.564. The number of carbonyl (C=O) groups is 1. The number of hydrogen-bond donors (Lipinski definition) is 0. The minimum atomic E-state index is -1.71. The molecule has 0 aliphatic heterocycles. The molecule has 0 saturated heterocycles. The van der Waals surface area contributed by atoms with Gasteiger partial charge in [-0.05, 0) is 20.8 Å². The van der Waals surface area contributed by atoms with E-state index < -0.39 is 17.1 Å². The van der Waals surface area contributed by atoms with Gasteiger partial charge in [-0.25, -0.2) is 4.79 Å². The van der Waals surface area contributed by atoms with Crippen molar-refractivity contribution in [3.63, 3.8) is 0 Å². The molecule has 0 aliphatic rings. The number of carbonyl (C=O) groups excluding carboxylic acids is 1. The average Bonchev–Trinajstić information content (AvgIpc) is 1.99. The van der Waals surface area contributed by atoms with E-state index in [0.717, 1.165) is 0 Å². The van der Waals surface area contributed by atoms with Crippen LogP contribution < -0.4 is 0 Å². The van der Waals surface area contributed by atoms with Gasteiger partial charge in [0.15, 0.2) is 0 Å². The number of ether oxygens (including phenoxy) is 2. The fraction of sp³-hybridized carbons (Fsp3) is 0.857. The molecule has 0 fully saturated rings. The summed E-state index contributed by atoms with van der Waals surface area (Å²) in [5.74, 6) is -0.957. The maximum absolute atomic E-state index is 10.9. The van der Waals surface area contributed by atoms with E-state index in [1.807, 2.05) is 0 Å². The van der Waals surface area contributed by atoms with Crippen LogP contribution in [-0.2, 0) is 14.3 Å². The zero-order valence-electron chi connectivity index (χ0n) is 7.85. The summed E-state index contributed by atoms with van der Waals surface area (Å²) in [6.07, 6.45) is -2.10. The molecule has 6 heteroatoms. The topological polar surface area (TPSA) is 78.7 Å². The third-order valence-corrected chi connectivity index (χ3v) is 1.08. The number of rotatable bonds is 5. The zero-order valence-corrected chi connectivity index (χ0v) is 7.85. The van der Waals surface area contributed by atoms with E-state index in [-0.39, 0.29) is 12.7 Å². The van der Waals surface area contributed by atoms with Gasteiger partial charge in [0.05, 0.1) is 17.6 Å². The van der Waals surface area contributed by atoms with Gasteiger partial charge >= 0.3 is 12.2 Å². The summed E-state index contributed by atoms with van der Waals surface area (Å²) in [5.41, 5.74) is 0. The summed E-state index contributed by atoms with van der Waals surface area (Å²) in [7, 11) is 0. The first-order chi connectivity index (χ1) is 5.99. The van der Waals surface area contributed by atoms with Crippen LogP contribution >= 0.6 is 0 Å². The van der Waals surface area contributed by atoms with Gasteiger partial charge in [-0.2, -0.15) is 0 Å². The standard InChI is InChI=1S/C7H13NO5/c1-4-12-7(9)6(8(10)11)13-5(2)3/h5-6H,4H2,1-3H3. The maximum atomic E-state index is 10.9. The minimum Gasteiger partial charge on any atom is -0.459 e. The Morgan fingerprint density at radius 1 is 1.54 bits per heavy atom. The van der Waals surface area contributed by atoms with Crippen molar-refractivity contribution in [1.29, 1.82) is 0 Å². The SMILES string of the molecule is CCOC(=O)C(OC(C)C)[N+](=O)[O-]. The minimum absolute atomic E-state index is 0.102. The van der Waals surface area contributed by atoms with Crippen LogP contribution in [0.3, 0.4) is 0 Å². The van der Waals surface area contributed by atoms with Gasteiger partial charge < -0.3 is 9.47 Å². The molecule has 0 rings (SSSR count). The summed E-state index contributed by atoms with van der Waals surface area (Å²) in [5, 5.41) is 10.3. The van der Waals surface area contributed by atoms with Crippen molar-refractivity contribution in [3.05, 3.63) is 10.1 Å². The number of hydrogen-bond acceptors (Lipinski definition) is 5. The lowest BCUT2D eigenvalue weighted by Gasteiger charge is -2.11. The highest BCUT2D eigenvalue weighted by atomic mass is 16.7. The molecule has 0 N–H and O–H groups in total. The van der Waals surface area contributed by atoms with Gasteiger partial charge in [0.25, 0.3) is 0 Å². The van der Waals surface area contributed by atoms with Gasteiger partial charge in [-0.1, -0.05) is 0 Å². The fourth-order valence-corrected chi connectivity index (χ4v) is 0.663. The van der Waals surface area contributed by atoms with Crippen LogP contribution in [-0.4, -0.2) is 29.8 Å². The van der Waals surface area contributed by atoms with Crippen molar-refractivity contribution in [2.45, 2.75) is 33.1 Å². The molecule has 1 unspecified atom stereocenters. The first kappa shape index (κ1) is 11.8. The predicted octanol–water partition coefficient (Wildman–Crippen LogP) is 0.577. The van der Waals surface area contributed by atoms with Gasteiger partial charge in [-0.15, -0.1) is 0 Å². The van der Waals surface area contributed by atoms with E-state index >= 15 is 0 Å². The second kappa shape index (κ2) is 5.47. The Hall–Kier alpha value is -1.17. The predicted molar refractivity (Wildman–Crippen MR) is 43.6 cm³/mol. The highest BCUT2D eigenvalue weighted by molar-refractivity contribution is 5.72. The van der Waals surface area contributed by atoms with E-state index in [4.69, 9.17) is 4.74 Å². The molecule has 0 aliphatic carbocycles. The summed E-state index contributed by atoms with van der Waals surface area (Å²) in [6, 6.07) is 0. The Morgan fingerprint density at radius 2 is 2.08 bits per heavy atom. The van der Waals surface area contributed by atoms with Crippen LogP contribution in [0.4, 0.5) is 0 Å². The maximum Gasteiger partial charge on any atom is 0.413 e. The van der Waals surface area contributed by atoms with Crippen LogP contribution in [0.1, 0.15) is 20.8 Å².